The lowest BCUT2D eigenvalue weighted by molar-refractivity contribution is -0.141. The summed E-state index contributed by atoms with van der Waals surface area (Å²) in [5.41, 5.74) is 0. The number of ether oxygens (including phenoxy) is 1. The van der Waals surface area contributed by atoms with E-state index < -0.39 is 21.4 Å². The van der Waals surface area contributed by atoms with Gasteiger partial charge in [0, 0.05) is 23.5 Å². The number of carbonyl (C=O) groups excluding carboxylic acids is 1. The molecule has 0 atom stereocenters. The molecule has 0 rings (SSSR count). The number of esters is 1. The minimum absolute atomic E-state index is 0.0166. The number of alkyl halides is 2. The molecule has 0 bridgehead atoms. The Morgan fingerprint density at radius 1 is 0.511 bits per heavy atom. The maximum atomic E-state index is 11.0. The quantitative estimate of drug-likeness (QED) is 0.0328. The van der Waals surface area contributed by atoms with Gasteiger partial charge in [-0.25, -0.2) is 4.18 Å². The summed E-state index contributed by atoms with van der Waals surface area (Å²) in [5, 5.41) is 8.49. The lowest BCUT2D eigenvalue weighted by Crippen LogP contribution is -2.01. The summed E-state index contributed by atoms with van der Waals surface area (Å²) < 4.78 is 27.8. The molecule has 0 saturated carbocycles. The smallest absolute Gasteiger partial charge is 0.356 e. The molecule has 0 fully saturated rings. The molecule has 45 heavy (non-hydrogen) atoms. The van der Waals surface area contributed by atoms with Crippen LogP contribution in [0.15, 0.2) is 0 Å². The van der Waals surface area contributed by atoms with E-state index >= 15 is 0 Å². The maximum absolute atomic E-state index is 11.0. The monoisotopic (exact) mass is 724 g/mol. The fraction of sp³-hybridized carbons (Fsp3) is 0.941. The Morgan fingerprint density at radius 2 is 0.800 bits per heavy atom. The predicted molar refractivity (Wildman–Crippen MR) is 192 cm³/mol. The van der Waals surface area contributed by atoms with Crippen LogP contribution in [0.2, 0.25) is 0 Å². The second kappa shape index (κ2) is 41.7. The third kappa shape index (κ3) is 56.4. The summed E-state index contributed by atoms with van der Waals surface area (Å²) in [4.78, 5) is 21.3. The van der Waals surface area contributed by atoms with Gasteiger partial charge in [0.2, 0.25) is 0 Å². The minimum atomic E-state index is -3.83. The molecule has 0 spiro atoms. The van der Waals surface area contributed by atoms with Crippen LogP contribution in [-0.2, 0) is 27.8 Å². The van der Waals surface area contributed by atoms with Crippen molar-refractivity contribution in [2.24, 2.45) is 0 Å². The first-order valence-corrected chi connectivity index (χ1v) is 21.0. The van der Waals surface area contributed by atoms with Crippen molar-refractivity contribution in [3.8, 4) is 0 Å². The summed E-state index contributed by atoms with van der Waals surface area (Å²) in [6, 6.07) is -0.455. The number of hydrogen-bond acceptors (Lipinski definition) is 6. The molecule has 0 aromatic carbocycles. The van der Waals surface area contributed by atoms with Gasteiger partial charge in [-0.1, -0.05) is 191 Å². The number of carboxylic acids is 1. The van der Waals surface area contributed by atoms with Crippen molar-refractivity contribution < 1.29 is 32.0 Å². The number of rotatable bonds is 31. The third-order valence-corrected chi connectivity index (χ3v) is 8.39. The molecular formula is C34H67Cl3O7S. The van der Waals surface area contributed by atoms with Crippen molar-refractivity contribution in [3.05, 3.63) is 0 Å². The Labute approximate surface area is 291 Å². The van der Waals surface area contributed by atoms with Crippen LogP contribution in [0.25, 0.3) is 0 Å². The van der Waals surface area contributed by atoms with Crippen LogP contribution in [0.1, 0.15) is 194 Å². The Balaban J connectivity index is -0.000000650. The number of carbonyl (C=O) groups is 2. The molecule has 0 aliphatic heterocycles. The van der Waals surface area contributed by atoms with Gasteiger partial charge in [-0.3, -0.25) is 9.59 Å². The van der Waals surface area contributed by atoms with Crippen molar-refractivity contribution >= 4 is 55.2 Å². The minimum Gasteiger partial charge on any atom is -0.481 e. The topological polar surface area (TPSA) is 107 Å². The van der Waals surface area contributed by atoms with Crippen LogP contribution in [0.3, 0.4) is 0 Å². The average Bonchev–Trinajstić information content (AvgIpc) is 2.98. The molecule has 0 heterocycles. The van der Waals surface area contributed by atoms with Crippen LogP contribution in [0.5, 0.6) is 0 Å². The summed E-state index contributed by atoms with van der Waals surface area (Å²) >= 11 is 10.1. The van der Waals surface area contributed by atoms with Gasteiger partial charge in [-0.05, 0) is 12.8 Å². The van der Waals surface area contributed by atoms with Crippen molar-refractivity contribution in [1.82, 2.24) is 0 Å². The van der Waals surface area contributed by atoms with Gasteiger partial charge < -0.3 is 9.84 Å². The Kier molecular flexibility index (Phi) is 45.6. The van der Waals surface area contributed by atoms with Gasteiger partial charge >= 0.3 is 21.3 Å². The van der Waals surface area contributed by atoms with Crippen molar-refractivity contribution in [2.45, 2.75) is 194 Å². The van der Waals surface area contributed by atoms with Crippen LogP contribution >= 0.6 is 33.9 Å². The molecule has 1 N–H and O–H groups in total. The first kappa shape index (κ1) is 49.1. The van der Waals surface area contributed by atoms with Crippen molar-refractivity contribution in [3.63, 3.8) is 0 Å². The van der Waals surface area contributed by atoms with E-state index in [1.807, 2.05) is 0 Å². The second-order valence-electron chi connectivity index (χ2n) is 11.6. The highest BCUT2D eigenvalue weighted by Crippen LogP contribution is 2.14. The second-order valence-corrected chi connectivity index (χ2v) is 14.2. The fourth-order valence-electron chi connectivity index (χ4n) is 4.77. The Bertz CT molecular complexity index is 710. The van der Waals surface area contributed by atoms with Gasteiger partial charge in [-0.15, -0.1) is 0 Å². The van der Waals surface area contributed by atoms with Gasteiger partial charge in [0.15, 0.2) is 6.07 Å². The Hall–Kier alpha value is -0.280. The van der Waals surface area contributed by atoms with E-state index in [-0.39, 0.29) is 12.0 Å². The van der Waals surface area contributed by atoms with Crippen LogP contribution in [0.4, 0.5) is 0 Å². The first-order valence-electron chi connectivity index (χ1n) is 17.7. The van der Waals surface area contributed by atoms with Crippen LogP contribution < -0.4 is 0 Å². The van der Waals surface area contributed by atoms with E-state index in [9.17, 15) is 18.0 Å². The molecule has 7 nitrogen and oxygen atoms in total. The number of unbranched alkanes of at least 4 members (excludes halogenated alkanes) is 24. The van der Waals surface area contributed by atoms with Gasteiger partial charge in [0.1, 0.15) is 6.07 Å². The lowest BCUT2D eigenvalue weighted by Gasteiger charge is -2.03. The van der Waals surface area contributed by atoms with E-state index in [1.54, 1.807) is 0 Å². The van der Waals surface area contributed by atoms with E-state index in [2.05, 4.69) is 33.4 Å². The van der Waals surface area contributed by atoms with Gasteiger partial charge in [-0.2, -0.15) is 8.42 Å². The number of aliphatic carboxylic acids is 1. The summed E-state index contributed by atoms with van der Waals surface area (Å²) in [5.74, 6) is -0.818. The highest BCUT2D eigenvalue weighted by Gasteiger charge is 2.02. The highest BCUT2D eigenvalue weighted by molar-refractivity contribution is 8.10. The van der Waals surface area contributed by atoms with Crippen molar-refractivity contribution in [1.29, 1.82) is 0 Å². The largest absolute Gasteiger partial charge is 0.481 e. The SMILES string of the molecule is CCCCCCCCCCCCCCCC(=O)O.CCCCCCCCCCCCCCCC(=O)OCCl.O=S(=O)(Cl)OCCl. The van der Waals surface area contributed by atoms with E-state index in [1.165, 1.54) is 141 Å². The van der Waals surface area contributed by atoms with E-state index in [0.29, 0.717) is 12.8 Å². The lowest BCUT2D eigenvalue weighted by atomic mass is 10.0. The summed E-state index contributed by atoms with van der Waals surface area (Å²) in [6.45, 7) is 4.53. The molecule has 0 radical (unpaired) electrons. The molecule has 0 aliphatic carbocycles. The van der Waals surface area contributed by atoms with Crippen molar-refractivity contribution in [2.75, 3.05) is 12.1 Å². The van der Waals surface area contributed by atoms with Gasteiger partial charge in [0.05, 0.1) is 0 Å². The normalized spacial score (nSPS) is 10.9. The molecule has 0 amide bonds. The number of hydrogen-bond donors (Lipinski definition) is 1. The van der Waals surface area contributed by atoms with Crippen LogP contribution in [0, 0.1) is 0 Å². The first-order chi connectivity index (χ1) is 21.6. The molecule has 272 valence electrons. The highest BCUT2D eigenvalue weighted by atomic mass is 35.7. The molecule has 11 heteroatoms. The average molecular weight is 726 g/mol. The number of halogens is 3. The zero-order valence-corrected chi connectivity index (χ0v) is 31.7. The fourth-order valence-corrected chi connectivity index (χ4v) is 5.62. The third-order valence-electron chi connectivity index (χ3n) is 7.38. The molecular weight excluding hydrogens is 659 g/mol. The van der Waals surface area contributed by atoms with Gasteiger partial charge in [0.25, 0.3) is 0 Å². The van der Waals surface area contributed by atoms with E-state index in [4.69, 9.17) is 28.3 Å². The van der Waals surface area contributed by atoms with E-state index in [0.717, 1.165) is 25.7 Å². The zero-order chi connectivity index (χ0) is 34.3. The van der Waals surface area contributed by atoms with Crippen LogP contribution in [-0.4, -0.2) is 37.6 Å². The molecule has 0 unspecified atom stereocenters. The molecule has 0 aliphatic rings. The zero-order valence-electron chi connectivity index (χ0n) is 28.7. The maximum Gasteiger partial charge on any atom is 0.356 e. The Morgan fingerprint density at radius 3 is 1.02 bits per heavy atom. The predicted octanol–water partition coefficient (Wildman–Crippen LogP) is 12.4. The standard InChI is InChI=1S/C17H33ClO2.C16H32O2.CH2Cl2O3S/c1-2-3-4-5-6-7-8-9-10-11-12-13-14-15-17(19)20-16-18;1-2-3-4-5-6-7-8-9-10-11-12-13-14-15-16(17)18;2-1-6-7(3,4)5/h2-16H2,1H3;2-15H2,1H3,(H,17,18);1H2. The summed E-state index contributed by atoms with van der Waals surface area (Å²) in [6.07, 6.45) is 34.9. The molecule has 0 aromatic rings. The number of carboxylic acid groups (broad SMARTS) is 1. The summed E-state index contributed by atoms with van der Waals surface area (Å²) in [7, 11) is 0.665. The molecule has 0 saturated heterocycles. The molecule has 0 aromatic heterocycles.